The number of hydrogen-bond acceptors (Lipinski definition) is 4. The molecule has 0 radical (unpaired) electrons. The first-order valence-electron chi connectivity index (χ1n) is 10.6. The Morgan fingerprint density at radius 1 is 1.10 bits per heavy atom. The number of carbonyl (C=O) groups is 3. The molecule has 3 fully saturated rings. The number of hydrogen-bond donors (Lipinski definition) is 2. The van der Waals surface area contributed by atoms with Crippen molar-refractivity contribution in [1.29, 1.82) is 0 Å². The van der Waals surface area contributed by atoms with E-state index in [0.29, 0.717) is 11.3 Å². The van der Waals surface area contributed by atoms with Gasteiger partial charge in [-0.15, -0.1) is 0 Å². The minimum Gasteiger partial charge on any atom is -0.461 e. The van der Waals surface area contributed by atoms with Crippen LogP contribution in [0.5, 0.6) is 0 Å². The maximum absolute atomic E-state index is 13.1. The summed E-state index contributed by atoms with van der Waals surface area (Å²) < 4.78 is 5.49. The first-order chi connectivity index (χ1) is 15.0. The summed E-state index contributed by atoms with van der Waals surface area (Å²) in [5, 5.41) is 5.88. The van der Waals surface area contributed by atoms with Gasteiger partial charge in [0.05, 0.1) is 16.7 Å². The number of rotatable bonds is 5. The summed E-state index contributed by atoms with van der Waals surface area (Å²) in [7, 11) is 0. The van der Waals surface area contributed by atoms with Crippen molar-refractivity contribution >= 4 is 45.1 Å². The van der Waals surface area contributed by atoms with Crippen molar-refractivity contribution in [2.45, 2.75) is 30.7 Å². The molecule has 6 atom stereocenters. The van der Waals surface area contributed by atoms with Gasteiger partial charge in [-0.3, -0.25) is 14.4 Å². The van der Waals surface area contributed by atoms with Gasteiger partial charge in [0.2, 0.25) is 5.91 Å². The molecule has 2 bridgehead atoms. The fraction of sp³-hybridized carbons (Fsp3) is 0.375. The van der Waals surface area contributed by atoms with E-state index in [1.54, 1.807) is 24.3 Å². The van der Waals surface area contributed by atoms with Gasteiger partial charge in [-0.2, -0.15) is 0 Å². The molecule has 2 N–H and O–H groups in total. The van der Waals surface area contributed by atoms with Gasteiger partial charge in [-0.05, 0) is 48.6 Å². The lowest BCUT2D eigenvalue weighted by Crippen LogP contribution is -2.40. The first-order valence-corrected chi connectivity index (χ1v) is 11.5. The third-order valence-corrected chi connectivity index (χ3v) is 8.06. The maximum atomic E-state index is 13.1. The highest BCUT2D eigenvalue weighted by Crippen LogP contribution is 2.60. The van der Waals surface area contributed by atoms with E-state index in [9.17, 15) is 14.4 Å². The molecule has 3 aliphatic rings. The Labute approximate surface area is 188 Å². The predicted octanol–water partition coefficient (Wildman–Crippen LogP) is 4.01. The van der Waals surface area contributed by atoms with E-state index in [1.165, 1.54) is 0 Å². The highest BCUT2D eigenvalue weighted by molar-refractivity contribution is 9.09. The van der Waals surface area contributed by atoms with Crippen LogP contribution in [0.3, 0.4) is 0 Å². The van der Waals surface area contributed by atoms with E-state index >= 15 is 0 Å². The Balaban J connectivity index is 1.31. The standard InChI is InChI=1S/C24H23BrN2O4/c1-2-12-6-3-4-9-17(12)27-22(28)13-7-5-8-14(10-13)26-23(29)18-15-11-16-19(18)24(30)31-21(16)20(15)25/h3-10,15-16,18-21H,2,11H2,1H3,(H,26,29)(H,27,28)/t15-,16-,18-,19+,20+,21+/m1/s1. The molecule has 2 aliphatic carbocycles. The molecule has 2 saturated carbocycles. The molecule has 2 amide bonds. The summed E-state index contributed by atoms with van der Waals surface area (Å²) in [6.45, 7) is 2.04. The van der Waals surface area contributed by atoms with Crippen molar-refractivity contribution in [3.05, 3.63) is 59.7 Å². The summed E-state index contributed by atoms with van der Waals surface area (Å²) >= 11 is 3.63. The first kappa shape index (κ1) is 20.2. The molecule has 2 aromatic carbocycles. The van der Waals surface area contributed by atoms with Crippen molar-refractivity contribution in [2.75, 3.05) is 10.6 Å². The van der Waals surface area contributed by atoms with Gasteiger partial charge in [-0.1, -0.05) is 47.1 Å². The lowest BCUT2D eigenvalue weighted by Gasteiger charge is -2.27. The van der Waals surface area contributed by atoms with E-state index in [4.69, 9.17) is 4.74 Å². The molecule has 1 heterocycles. The number of esters is 1. The summed E-state index contributed by atoms with van der Waals surface area (Å²) in [5.41, 5.74) is 2.83. The zero-order valence-electron chi connectivity index (χ0n) is 17.0. The van der Waals surface area contributed by atoms with E-state index < -0.39 is 5.92 Å². The third-order valence-electron chi connectivity index (χ3n) is 6.86. The third kappa shape index (κ3) is 3.35. The second-order valence-corrected chi connectivity index (χ2v) is 9.55. The van der Waals surface area contributed by atoms with Crippen LogP contribution < -0.4 is 10.6 Å². The summed E-state index contributed by atoms with van der Waals surface area (Å²) in [6, 6.07) is 14.6. The zero-order valence-corrected chi connectivity index (χ0v) is 18.6. The van der Waals surface area contributed by atoms with Crippen LogP contribution in [-0.2, 0) is 20.7 Å². The lowest BCUT2D eigenvalue weighted by molar-refractivity contribution is -0.145. The summed E-state index contributed by atoms with van der Waals surface area (Å²) in [4.78, 5) is 38.2. The number of alkyl halides is 1. The fourth-order valence-corrected chi connectivity index (χ4v) is 6.48. The Hall–Kier alpha value is -2.67. The largest absolute Gasteiger partial charge is 0.461 e. The SMILES string of the molecule is CCc1ccccc1NC(=O)c1cccc(NC(=O)[C@@H]2[C@H]3C[C@H]4[C@H](OC(=O)[C@@H]42)[C@H]3Br)c1. The van der Waals surface area contributed by atoms with Crippen LogP contribution in [0.4, 0.5) is 11.4 Å². The molecule has 7 heteroatoms. The van der Waals surface area contributed by atoms with Crippen molar-refractivity contribution in [2.24, 2.45) is 23.7 Å². The highest BCUT2D eigenvalue weighted by Gasteiger charge is 2.67. The van der Waals surface area contributed by atoms with Crippen LogP contribution in [0.25, 0.3) is 0 Å². The Morgan fingerprint density at radius 2 is 1.90 bits per heavy atom. The van der Waals surface area contributed by atoms with Crippen LogP contribution in [0.2, 0.25) is 0 Å². The van der Waals surface area contributed by atoms with E-state index in [2.05, 4.69) is 26.6 Å². The van der Waals surface area contributed by atoms with E-state index in [0.717, 1.165) is 24.1 Å². The molecule has 0 unspecified atom stereocenters. The molecular weight excluding hydrogens is 460 g/mol. The minimum absolute atomic E-state index is 0.0201. The van der Waals surface area contributed by atoms with Gasteiger partial charge in [0, 0.05) is 22.9 Å². The molecular formula is C24H23BrN2O4. The topological polar surface area (TPSA) is 84.5 Å². The van der Waals surface area contributed by atoms with Crippen LogP contribution in [0.1, 0.15) is 29.3 Å². The summed E-state index contributed by atoms with van der Waals surface area (Å²) in [5.74, 6) is -1.25. The number of carbonyl (C=O) groups excluding carboxylic acids is 3. The number of halogens is 1. The molecule has 160 valence electrons. The van der Waals surface area contributed by atoms with Crippen molar-refractivity contribution < 1.29 is 19.1 Å². The number of anilines is 2. The van der Waals surface area contributed by atoms with Crippen molar-refractivity contribution in [1.82, 2.24) is 0 Å². The number of benzene rings is 2. The number of aryl methyl sites for hydroxylation is 1. The molecule has 6 nitrogen and oxygen atoms in total. The lowest BCUT2D eigenvalue weighted by atomic mass is 9.79. The molecule has 0 aromatic heterocycles. The highest BCUT2D eigenvalue weighted by atomic mass is 79.9. The molecule has 1 aliphatic heterocycles. The number of nitrogens with one attached hydrogen (secondary N) is 2. The number of para-hydroxylation sites is 1. The molecule has 2 aromatic rings. The van der Waals surface area contributed by atoms with Gasteiger partial charge in [-0.25, -0.2) is 0 Å². The van der Waals surface area contributed by atoms with Crippen molar-refractivity contribution in [3.63, 3.8) is 0 Å². The number of fused-ring (bicyclic) bond motifs is 1. The van der Waals surface area contributed by atoms with E-state index in [-0.39, 0.29) is 46.5 Å². The van der Waals surface area contributed by atoms with Crippen LogP contribution in [-0.4, -0.2) is 28.7 Å². The quantitative estimate of drug-likeness (QED) is 0.497. The Morgan fingerprint density at radius 3 is 2.71 bits per heavy atom. The monoisotopic (exact) mass is 482 g/mol. The normalized spacial score (nSPS) is 30.2. The predicted molar refractivity (Wildman–Crippen MR) is 120 cm³/mol. The molecule has 5 rings (SSSR count). The molecule has 0 spiro atoms. The number of amides is 2. The minimum atomic E-state index is -0.408. The average Bonchev–Trinajstić information content (AvgIpc) is 3.38. The average molecular weight is 483 g/mol. The summed E-state index contributed by atoms with van der Waals surface area (Å²) in [6.07, 6.45) is 1.54. The molecule has 31 heavy (non-hydrogen) atoms. The molecule has 1 saturated heterocycles. The Bertz CT molecular complexity index is 1070. The second kappa shape index (κ2) is 7.79. The van der Waals surface area contributed by atoms with Crippen LogP contribution >= 0.6 is 15.9 Å². The second-order valence-electron chi connectivity index (χ2n) is 8.50. The number of ether oxygens (including phenoxy) is 1. The van der Waals surface area contributed by atoms with Crippen LogP contribution in [0, 0.1) is 23.7 Å². The van der Waals surface area contributed by atoms with Crippen LogP contribution in [0.15, 0.2) is 48.5 Å². The smallest absolute Gasteiger partial charge is 0.310 e. The van der Waals surface area contributed by atoms with Gasteiger partial charge in [0.1, 0.15) is 6.10 Å². The van der Waals surface area contributed by atoms with Gasteiger partial charge in [0.15, 0.2) is 0 Å². The Kier molecular flexibility index (Phi) is 5.08. The van der Waals surface area contributed by atoms with Gasteiger partial charge < -0.3 is 15.4 Å². The van der Waals surface area contributed by atoms with Crippen molar-refractivity contribution in [3.8, 4) is 0 Å². The fourth-order valence-electron chi connectivity index (χ4n) is 5.44. The maximum Gasteiger partial charge on any atom is 0.310 e. The zero-order chi connectivity index (χ0) is 21.7. The van der Waals surface area contributed by atoms with Gasteiger partial charge >= 0.3 is 5.97 Å². The van der Waals surface area contributed by atoms with E-state index in [1.807, 2.05) is 31.2 Å². The van der Waals surface area contributed by atoms with Gasteiger partial charge in [0.25, 0.3) is 5.91 Å².